The zero-order valence-corrected chi connectivity index (χ0v) is 11.8. The topological polar surface area (TPSA) is 43.4 Å². The fourth-order valence-electron chi connectivity index (χ4n) is 3.04. The minimum absolute atomic E-state index is 0.247. The van der Waals surface area contributed by atoms with Crippen LogP contribution in [0.2, 0.25) is 0 Å². The number of allylic oxidation sites excluding steroid dienone is 2. The quantitative estimate of drug-likeness (QED) is 0.628. The Hall–Kier alpha value is -1.13. The highest BCUT2D eigenvalue weighted by molar-refractivity contribution is 7.86. The molecular formula is C15H18O3S. The van der Waals surface area contributed by atoms with E-state index in [1.165, 1.54) is 6.42 Å². The molecule has 4 heteroatoms. The van der Waals surface area contributed by atoms with Gasteiger partial charge in [-0.3, -0.25) is 4.18 Å². The summed E-state index contributed by atoms with van der Waals surface area (Å²) in [5.41, 5.74) is 1.04. The van der Waals surface area contributed by atoms with Crippen molar-refractivity contribution in [1.29, 1.82) is 0 Å². The van der Waals surface area contributed by atoms with Crippen LogP contribution in [0.1, 0.15) is 18.4 Å². The van der Waals surface area contributed by atoms with E-state index in [0.29, 0.717) is 24.4 Å². The molecule has 0 radical (unpaired) electrons. The van der Waals surface area contributed by atoms with E-state index >= 15 is 0 Å². The third kappa shape index (κ3) is 2.60. The van der Waals surface area contributed by atoms with Gasteiger partial charge >= 0.3 is 0 Å². The Labute approximate surface area is 114 Å². The molecule has 0 heterocycles. The molecule has 2 bridgehead atoms. The van der Waals surface area contributed by atoms with Crippen LogP contribution in [0, 0.1) is 24.7 Å². The third-order valence-corrected chi connectivity index (χ3v) is 5.46. The largest absolute Gasteiger partial charge is 0.296 e. The number of fused-ring (bicyclic) bond motifs is 2. The van der Waals surface area contributed by atoms with Crippen LogP contribution in [-0.2, 0) is 14.3 Å². The van der Waals surface area contributed by atoms with Crippen LogP contribution < -0.4 is 0 Å². The van der Waals surface area contributed by atoms with Gasteiger partial charge in [0.15, 0.2) is 0 Å². The van der Waals surface area contributed by atoms with Crippen molar-refractivity contribution < 1.29 is 12.6 Å². The first-order chi connectivity index (χ1) is 9.04. The molecule has 1 aromatic carbocycles. The molecule has 1 aromatic rings. The SMILES string of the molecule is Cc1ccc(S(=O)(=O)OC[C@@H]2C[C@H]3C=C[C@@H]2C3)cc1. The molecule has 19 heavy (non-hydrogen) atoms. The van der Waals surface area contributed by atoms with Crippen molar-refractivity contribution in [3.63, 3.8) is 0 Å². The molecule has 3 rings (SSSR count). The fourth-order valence-corrected chi connectivity index (χ4v) is 4.00. The van der Waals surface area contributed by atoms with Gasteiger partial charge in [-0.2, -0.15) is 8.42 Å². The summed E-state index contributed by atoms with van der Waals surface area (Å²) in [5, 5.41) is 0. The first-order valence-corrected chi connectivity index (χ1v) is 8.10. The van der Waals surface area contributed by atoms with Gasteiger partial charge in [-0.25, -0.2) is 0 Å². The summed E-state index contributed by atoms with van der Waals surface area (Å²) < 4.78 is 29.4. The van der Waals surface area contributed by atoms with Gasteiger partial charge in [0.2, 0.25) is 0 Å². The Morgan fingerprint density at radius 3 is 2.47 bits per heavy atom. The maximum absolute atomic E-state index is 12.1. The zero-order valence-electron chi connectivity index (χ0n) is 11.0. The molecule has 0 amide bonds. The molecule has 0 spiro atoms. The van der Waals surface area contributed by atoms with E-state index in [2.05, 4.69) is 12.2 Å². The lowest BCUT2D eigenvalue weighted by Gasteiger charge is -2.17. The summed E-state index contributed by atoms with van der Waals surface area (Å²) in [6.07, 6.45) is 6.68. The van der Waals surface area contributed by atoms with Crippen molar-refractivity contribution in [3.8, 4) is 0 Å². The van der Waals surface area contributed by atoms with Crippen LogP contribution >= 0.6 is 0 Å². The second-order valence-corrected chi connectivity index (χ2v) is 7.21. The van der Waals surface area contributed by atoms with Gasteiger partial charge in [0, 0.05) is 0 Å². The molecule has 0 aliphatic heterocycles. The lowest BCUT2D eigenvalue weighted by molar-refractivity contribution is 0.233. The number of hydrogen-bond acceptors (Lipinski definition) is 3. The molecule has 0 saturated heterocycles. The summed E-state index contributed by atoms with van der Waals surface area (Å²) in [6.45, 7) is 2.24. The van der Waals surface area contributed by atoms with Crippen molar-refractivity contribution >= 4 is 10.1 Å². The standard InChI is InChI=1S/C15H18O3S/c1-11-2-6-15(7-3-11)19(16,17)18-10-14-9-12-4-5-13(14)8-12/h2-7,12-14H,8-10H2,1H3/t12-,13+,14-/m0/s1. The molecule has 0 N–H and O–H groups in total. The second-order valence-electron chi connectivity index (χ2n) is 5.59. The van der Waals surface area contributed by atoms with E-state index < -0.39 is 10.1 Å². The van der Waals surface area contributed by atoms with E-state index in [0.717, 1.165) is 12.0 Å². The van der Waals surface area contributed by atoms with Crippen LogP contribution in [0.4, 0.5) is 0 Å². The molecule has 3 atom stereocenters. The van der Waals surface area contributed by atoms with Gasteiger partial charge in [0.1, 0.15) is 0 Å². The first kappa shape index (κ1) is 12.9. The van der Waals surface area contributed by atoms with Crippen LogP contribution in [-0.4, -0.2) is 15.0 Å². The number of hydrogen-bond donors (Lipinski definition) is 0. The molecule has 102 valence electrons. The minimum atomic E-state index is -3.61. The van der Waals surface area contributed by atoms with E-state index in [4.69, 9.17) is 4.18 Å². The summed E-state index contributed by atoms with van der Waals surface area (Å²) in [7, 11) is -3.61. The maximum atomic E-state index is 12.1. The Bertz CT molecular complexity index is 586. The van der Waals surface area contributed by atoms with E-state index in [1.807, 2.05) is 6.92 Å². The zero-order chi connectivity index (χ0) is 13.5. The van der Waals surface area contributed by atoms with Crippen molar-refractivity contribution in [2.45, 2.75) is 24.7 Å². The van der Waals surface area contributed by atoms with Crippen LogP contribution in [0.25, 0.3) is 0 Å². The summed E-state index contributed by atoms with van der Waals surface area (Å²) in [5.74, 6) is 1.51. The molecular weight excluding hydrogens is 260 g/mol. The Balaban J connectivity index is 1.66. The third-order valence-electron chi connectivity index (χ3n) is 4.16. The van der Waals surface area contributed by atoms with Crippen LogP contribution in [0.3, 0.4) is 0 Å². The molecule has 1 saturated carbocycles. The van der Waals surface area contributed by atoms with Gasteiger partial charge in [0.25, 0.3) is 10.1 Å². The molecule has 2 aliphatic carbocycles. The van der Waals surface area contributed by atoms with Crippen molar-refractivity contribution in [1.82, 2.24) is 0 Å². The maximum Gasteiger partial charge on any atom is 0.296 e. The summed E-state index contributed by atoms with van der Waals surface area (Å²) in [6, 6.07) is 6.78. The Morgan fingerprint density at radius 1 is 1.16 bits per heavy atom. The van der Waals surface area contributed by atoms with Gasteiger partial charge in [-0.05, 0) is 49.7 Å². The Kier molecular flexibility index (Phi) is 3.23. The van der Waals surface area contributed by atoms with Gasteiger partial charge in [-0.15, -0.1) is 0 Å². The number of rotatable bonds is 4. The molecule has 2 aliphatic rings. The van der Waals surface area contributed by atoms with Gasteiger partial charge < -0.3 is 0 Å². The average Bonchev–Trinajstić information content (AvgIpc) is 2.99. The van der Waals surface area contributed by atoms with E-state index in [9.17, 15) is 8.42 Å². The van der Waals surface area contributed by atoms with Crippen molar-refractivity contribution in [2.24, 2.45) is 17.8 Å². The van der Waals surface area contributed by atoms with E-state index in [-0.39, 0.29) is 4.90 Å². The van der Waals surface area contributed by atoms with E-state index in [1.54, 1.807) is 24.3 Å². The highest BCUT2D eigenvalue weighted by atomic mass is 32.2. The molecule has 1 fully saturated rings. The molecule has 0 aromatic heterocycles. The summed E-state index contributed by atoms with van der Waals surface area (Å²) in [4.78, 5) is 0.247. The monoisotopic (exact) mass is 278 g/mol. The normalized spacial score (nSPS) is 29.0. The lowest BCUT2D eigenvalue weighted by Crippen LogP contribution is -2.18. The predicted molar refractivity (Wildman–Crippen MR) is 73.2 cm³/mol. The molecule has 3 nitrogen and oxygen atoms in total. The van der Waals surface area contributed by atoms with Crippen molar-refractivity contribution in [3.05, 3.63) is 42.0 Å². The van der Waals surface area contributed by atoms with Gasteiger partial charge in [0.05, 0.1) is 11.5 Å². The second kappa shape index (κ2) is 4.76. The fraction of sp³-hybridized carbons (Fsp3) is 0.467. The van der Waals surface area contributed by atoms with Gasteiger partial charge in [-0.1, -0.05) is 29.8 Å². The number of benzene rings is 1. The molecule has 0 unspecified atom stereocenters. The number of aryl methyl sites for hydroxylation is 1. The highest BCUT2D eigenvalue weighted by Gasteiger charge is 2.36. The first-order valence-electron chi connectivity index (χ1n) is 6.69. The van der Waals surface area contributed by atoms with Crippen molar-refractivity contribution in [2.75, 3.05) is 6.61 Å². The Morgan fingerprint density at radius 2 is 1.89 bits per heavy atom. The van der Waals surface area contributed by atoms with Crippen LogP contribution in [0.15, 0.2) is 41.3 Å². The van der Waals surface area contributed by atoms with Crippen LogP contribution in [0.5, 0.6) is 0 Å². The minimum Gasteiger partial charge on any atom is -0.266 e. The summed E-state index contributed by atoms with van der Waals surface area (Å²) >= 11 is 0. The highest BCUT2D eigenvalue weighted by Crippen LogP contribution is 2.43. The predicted octanol–water partition coefficient (Wildman–Crippen LogP) is 2.91. The lowest BCUT2D eigenvalue weighted by atomic mass is 9.95. The average molecular weight is 278 g/mol. The smallest absolute Gasteiger partial charge is 0.266 e.